The molecule has 1 aromatic heterocycles. The monoisotopic (exact) mass is 419 g/mol. The van der Waals surface area contributed by atoms with Gasteiger partial charge in [0.25, 0.3) is 5.91 Å². The number of carbonyl (C=O) groups is 3. The summed E-state index contributed by atoms with van der Waals surface area (Å²) in [6, 6.07) is 12.7. The van der Waals surface area contributed by atoms with Crippen molar-refractivity contribution in [1.29, 1.82) is 0 Å². The molecule has 0 aliphatic carbocycles. The summed E-state index contributed by atoms with van der Waals surface area (Å²) in [5.74, 6) is -0.554. The Balaban J connectivity index is 1.48. The van der Waals surface area contributed by atoms with Gasteiger partial charge in [0, 0.05) is 55.5 Å². The molecule has 0 spiro atoms. The van der Waals surface area contributed by atoms with Crippen molar-refractivity contribution in [2.45, 2.75) is 6.92 Å². The second kappa shape index (κ2) is 8.14. The largest absolute Gasteiger partial charge is 0.350 e. The number of amides is 4. The molecule has 0 atom stereocenters. The van der Waals surface area contributed by atoms with Crippen molar-refractivity contribution >= 4 is 40.1 Å². The predicted octanol–water partition coefficient (Wildman–Crippen LogP) is 3.04. The summed E-state index contributed by atoms with van der Waals surface area (Å²) in [4.78, 5) is 40.4. The minimum Gasteiger partial charge on any atom is -0.350 e. The van der Waals surface area contributed by atoms with Crippen molar-refractivity contribution in [2.24, 2.45) is 7.05 Å². The van der Waals surface area contributed by atoms with E-state index in [1.807, 2.05) is 49.0 Å². The fourth-order valence-electron chi connectivity index (χ4n) is 3.72. The van der Waals surface area contributed by atoms with Gasteiger partial charge in [-0.3, -0.25) is 9.59 Å². The maximum atomic E-state index is 12.9. The molecule has 1 aliphatic rings. The molecule has 8 nitrogen and oxygen atoms in total. The molecule has 31 heavy (non-hydrogen) atoms. The summed E-state index contributed by atoms with van der Waals surface area (Å²) in [7, 11) is 3.67. The first kappa shape index (κ1) is 20.5. The Morgan fingerprint density at radius 2 is 1.81 bits per heavy atom. The summed E-state index contributed by atoms with van der Waals surface area (Å²) in [6.45, 7) is 2.97. The third kappa shape index (κ3) is 4.09. The maximum absolute atomic E-state index is 12.9. The highest BCUT2D eigenvalue weighted by atomic mass is 16.2. The lowest BCUT2D eigenvalue weighted by atomic mass is 10.1. The van der Waals surface area contributed by atoms with Crippen LogP contribution >= 0.6 is 0 Å². The SMILES string of the molecule is Cc1ccc(C(=O)Nc2cccc3c2ccn3C)cc1NC(=O)CN1CCN(C)C1=O. The first-order valence-electron chi connectivity index (χ1n) is 10.1. The number of urea groups is 1. The van der Waals surface area contributed by atoms with E-state index in [2.05, 4.69) is 10.6 Å². The highest BCUT2D eigenvalue weighted by molar-refractivity contribution is 6.09. The fourth-order valence-corrected chi connectivity index (χ4v) is 3.72. The lowest BCUT2D eigenvalue weighted by Gasteiger charge is -2.16. The van der Waals surface area contributed by atoms with E-state index in [9.17, 15) is 14.4 Å². The van der Waals surface area contributed by atoms with E-state index in [4.69, 9.17) is 0 Å². The molecular formula is C23H25N5O3. The number of nitrogens with zero attached hydrogens (tertiary/aromatic N) is 3. The zero-order chi connectivity index (χ0) is 22.1. The quantitative estimate of drug-likeness (QED) is 0.666. The molecule has 0 saturated carbocycles. The maximum Gasteiger partial charge on any atom is 0.320 e. The van der Waals surface area contributed by atoms with Gasteiger partial charge >= 0.3 is 6.03 Å². The highest BCUT2D eigenvalue weighted by Crippen LogP contribution is 2.25. The van der Waals surface area contributed by atoms with Gasteiger partial charge < -0.3 is 25.0 Å². The highest BCUT2D eigenvalue weighted by Gasteiger charge is 2.27. The molecule has 3 aromatic rings. The third-order valence-electron chi connectivity index (χ3n) is 5.59. The van der Waals surface area contributed by atoms with Crippen molar-refractivity contribution in [1.82, 2.24) is 14.4 Å². The van der Waals surface area contributed by atoms with Crippen molar-refractivity contribution in [3.05, 3.63) is 59.8 Å². The Kier molecular flexibility index (Phi) is 5.37. The van der Waals surface area contributed by atoms with Gasteiger partial charge in [-0.25, -0.2) is 4.79 Å². The fraction of sp³-hybridized carbons (Fsp3) is 0.261. The van der Waals surface area contributed by atoms with Gasteiger partial charge in [0.1, 0.15) is 6.54 Å². The van der Waals surface area contributed by atoms with Crippen LogP contribution in [0, 0.1) is 6.92 Å². The predicted molar refractivity (Wildman–Crippen MR) is 120 cm³/mol. The number of likely N-dealkylation sites (N-methyl/N-ethyl adjacent to an activating group) is 1. The number of hydrogen-bond donors (Lipinski definition) is 2. The zero-order valence-corrected chi connectivity index (χ0v) is 17.8. The van der Waals surface area contributed by atoms with E-state index >= 15 is 0 Å². The van der Waals surface area contributed by atoms with Crippen LogP contribution in [0.4, 0.5) is 16.2 Å². The molecular weight excluding hydrogens is 394 g/mol. The Hall–Kier alpha value is -3.81. The van der Waals surface area contributed by atoms with Crippen LogP contribution in [0.3, 0.4) is 0 Å². The number of fused-ring (bicyclic) bond motifs is 1. The van der Waals surface area contributed by atoms with Crippen LogP contribution in [0.25, 0.3) is 10.9 Å². The molecule has 4 amide bonds. The summed E-state index contributed by atoms with van der Waals surface area (Å²) in [5.41, 5.74) is 3.57. The van der Waals surface area contributed by atoms with Gasteiger partial charge in [-0.05, 0) is 42.8 Å². The van der Waals surface area contributed by atoms with Gasteiger partial charge in [-0.15, -0.1) is 0 Å². The van der Waals surface area contributed by atoms with E-state index < -0.39 is 0 Å². The van der Waals surface area contributed by atoms with Gasteiger partial charge in [-0.2, -0.15) is 0 Å². The molecule has 0 unspecified atom stereocenters. The van der Waals surface area contributed by atoms with E-state index in [0.29, 0.717) is 24.3 Å². The molecule has 0 bridgehead atoms. The second-order valence-electron chi connectivity index (χ2n) is 7.82. The normalized spacial score (nSPS) is 13.7. The second-order valence-corrected chi connectivity index (χ2v) is 7.82. The Labute approximate surface area is 180 Å². The van der Waals surface area contributed by atoms with Gasteiger partial charge in [0.15, 0.2) is 0 Å². The summed E-state index contributed by atoms with van der Waals surface area (Å²) < 4.78 is 1.99. The number of hydrogen-bond acceptors (Lipinski definition) is 3. The molecule has 8 heteroatoms. The zero-order valence-electron chi connectivity index (χ0n) is 17.8. The molecule has 1 fully saturated rings. The van der Waals surface area contributed by atoms with Crippen LogP contribution in [0.2, 0.25) is 0 Å². The molecule has 1 aliphatic heterocycles. The molecule has 2 N–H and O–H groups in total. The molecule has 2 heterocycles. The van der Waals surface area contributed by atoms with Crippen molar-refractivity contribution in [3.8, 4) is 0 Å². The van der Waals surface area contributed by atoms with Crippen molar-refractivity contribution in [2.75, 3.05) is 37.3 Å². The first-order chi connectivity index (χ1) is 14.8. The molecule has 4 rings (SSSR count). The van der Waals surface area contributed by atoms with Crippen LogP contribution in [-0.2, 0) is 11.8 Å². The molecule has 2 aromatic carbocycles. The Morgan fingerprint density at radius 1 is 1.00 bits per heavy atom. The number of anilines is 2. The third-order valence-corrected chi connectivity index (χ3v) is 5.59. The van der Waals surface area contributed by atoms with Crippen LogP contribution < -0.4 is 10.6 Å². The first-order valence-corrected chi connectivity index (χ1v) is 10.1. The van der Waals surface area contributed by atoms with Gasteiger partial charge in [-0.1, -0.05) is 12.1 Å². The molecule has 1 saturated heterocycles. The van der Waals surface area contributed by atoms with Crippen molar-refractivity contribution < 1.29 is 14.4 Å². The lowest BCUT2D eigenvalue weighted by Crippen LogP contribution is -2.36. The van der Waals surface area contributed by atoms with Crippen LogP contribution in [-0.4, -0.2) is 58.9 Å². The molecule has 160 valence electrons. The van der Waals surface area contributed by atoms with E-state index in [-0.39, 0.29) is 24.4 Å². The van der Waals surface area contributed by atoms with E-state index in [1.165, 1.54) is 4.90 Å². The topological polar surface area (TPSA) is 86.7 Å². The van der Waals surface area contributed by atoms with Crippen LogP contribution in [0.5, 0.6) is 0 Å². The minimum absolute atomic E-state index is 0.0188. The van der Waals surface area contributed by atoms with E-state index in [1.54, 1.807) is 30.1 Å². The number of nitrogens with one attached hydrogen (secondary N) is 2. The number of aromatic nitrogens is 1. The summed E-state index contributed by atoms with van der Waals surface area (Å²) >= 11 is 0. The van der Waals surface area contributed by atoms with Crippen LogP contribution in [0.15, 0.2) is 48.7 Å². The van der Waals surface area contributed by atoms with E-state index in [0.717, 1.165) is 22.2 Å². The average Bonchev–Trinajstić information content (AvgIpc) is 3.27. The number of aryl methyl sites for hydroxylation is 2. The van der Waals surface area contributed by atoms with Gasteiger partial charge in [0.2, 0.25) is 5.91 Å². The van der Waals surface area contributed by atoms with Crippen LogP contribution in [0.1, 0.15) is 15.9 Å². The average molecular weight is 419 g/mol. The van der Waals surface area contributed by atoms with Crippen molar-refractivity contribution in [3.63, 3.8) is 0 Å². The number of rotatable bonds is 5. The Bertz CT molecular complexity index is 1180. The van der Waals surface area contributed by atoms with Gasteiger partial charge in [0.05, 0.1) is 5.69 Å². The smallest absolute Gasteiger partial charge is 0.320 e. The minimum atomic E-state index is -0.293. The number of benzene rings is 2. The summed E-state index contributed by atoms with van der Waals surface area (Å²) in [5, 5.41) is 6.75. The lowest BCUT2D eigenvalue weighted by molar-refractivity contribution is -0.116. The summed E-state index contributed by atoms with van der Waals surface area (Å²) in [6.07, 6.45) is 1.95. The Morgan fingerprint density at radius 3 is 2.55 bits per heavy atom. The standard InChI is InChI=1S/C23H25N5O3/c1-15-7-8-16(13-19(15)24-21(29)14-28-12-11-27(3)23(28)31)22(30)25-18-5-4-6-20-17(18)9-10-26(20)2/h4-10,13H,11-12,14H2,1-3H3,(H,24,29)(H,25,30). The number of carbonyl (C=O) groups excluding carboxylic acids is 3. The molecule has 0 radical (unpaired) electrons.